The molecule has 0 fully saturated rings. The lowest BCUT2D eigenvalue weighted by molar-refractivity contribution is 0.102. The van der Waals surface area contributed by atoms with Gasteiger partial charge in [0.1, 0.15) is 5.69 Å². The van der Waals surface area contributed by atoms with Crippen LogP contribution in [0.1, 0.15) is 28.5 Å². The van der Waals surface area contributed by atoms with E-state index in [0.29, 0.717) is 5.69 Å². The number of carbonyl (C=O) groups excluding carboxylic acids is 1. The van der Waals surface area contributed by atoms with Crippen LogP contribution in [0.5, 0.6) is 0 Å². The van der Waals surface area contributed by atoms with Crippen molar-refractivity contribution >= 4 is 11.6 Å². The average molecular weight is 241 g/mol. The van der Waals surface area contributed by atoms with Gasteiger partial charge < -0.3 is 5.32 Å². The second kappa shape index (κ2) is 5.40. The molecule has 0 spiro atoms. The second-order valence-corrected chi connectivity index (χ2v) is 4.05. The largest absolute Gasteiger partial charge is 0.320 e. The van der Waals surface area contributed by atoms with Crippen LogP contribution < -0.4 is 5.32 Å². The van der Waals surface area contributed by atoms with Crippen LogP contribution in [0, 0.1) is 6.92 Å². The van der Waals surface area contributed by atoms with Gasteiger partial charge >= 0.3 is 0 Å². The van der Waals surface area contributed by atoms with E-state index in [1.54, 1.807) is 6.20 Å². The number of nitrogens with one attached hydrogen (secondary N) is 1. The Labute approximate surface area is 106 Å². The first-order chi connectivity index (χ1) is 8.70. The van der Waals surface area contributed by atoms with E-state index in [4.69, 9.17) is 0 Å². The van der Waals surface area contributed by atoms with Crippen molar-refractivity contribution in [2.45, 2.75) is 20.3 Å². The molecule has 18 heavy (non-hydrogen) atoms. The molecule has 0 aliphatic heterocycles. The van der Waals surface area contributed by atoms with Crippen LogP contribution in [0.15, 0.2) is 36.8 Å². The summed E-state index contributed by atoms with van der Waals surface area (Å²) >= 11 is 0. The van der Waals surface area contributed by atoms with Crippen LogP contribution in [0.4, 0.5) is 5.69 Å². The number of aromatic nitrogens is 2. The van der Waals surface area contributed by atoms with Gasteiger partial charge in [-0.1, -0.05) is 19.1 Å². The van der Waals surface area contributed by atoms with Gasteiger partial charge in [-0.15, -0.1) is 0 Å². The standard InChI is InChI=1S/C14H15N3O/c1-3-11-5-4-10(2)12(8-11)17-14(18)13-9-15-6-7-16-13/h4-9H,3H2,1-2H3,(H,17,18). The molecule has 1 amide bonds. The molecule has 0 atom stereocenters. The maximum Gasteiger partial charge on any atom is 0.275 e. The Morgan fingerprint density at radius 2 is 2.17 bits per heavy atom. The molecule has 1 N–H and O–H groups in total. The molecule has 0 saturated heterocycles. The number of benzene rings is 1. The predicted octanol–water partition coefficient (Wildman–Crippen LogP) is 2.60. The van der Waals surface area contributed by atoms with Crippen LogP contribution in [-0.4, -0.2) is 15.9 Å². The van der Waals surface area contributed by atoms with Crippen LogP contribution in [0.3, 0.4) is 0 Å². The average Bonchev–Trinajstić information content (AvgIpc) is 2.42. The highest BCUT2D eigenvalue weighted by Gasteiger charge is 2.09. The second-order valence-electron chi connectivity index (χ2n) is 4.05. The summed E-state index contributed by atoms with van der Waals surface area (Å²) in [6.45, 7) is 4.05. The first-order valence-electron chi connectivity index (χ1n) is 5.87. The summed E-state index contributed by atoms with van der Waals surface area (Å²) in [5.74, 6) is -0.237. The SMILES string of the molecule is CCc1ccc(C)c(NC(=O)c2cnccn2)c1. The number of aryl methyl sites for hydroxylation is 2. The van der Waals surface area contributed by atoms with Gasteiger partial charge in [-0.2, -0.15) is 0 Å². The van der Waals surface area contributed by atoms with E-state index in [0.717, 1.165) is 17.7 Å². The Kier molecular flexibility index (Phi) is 3.67. The quantitative estimate of drug-likeness (QED) is 0.898. The Morgan fingerprint density at radius 3 is 2.83 bits per heavy atom. The molecule has 92 valence electrons. The highest BCUT2D eigenvalue weighted by molar-refractivity contribution is 6.03. The molecule has 1 heterocycles. The summed E-state index contributed by atoms with van der Waals surface area (Å²) < 4.78 is 0. The molecule has 0 radical (unpaired) electrons. The molecule has 1 aromatic heterocycles. The summed E-state index contributed by atoms with van der Waals surface area (Å²) in [5, 5.41) is 2.86. The molecule has 0 bridgehead atoms. The fourth-order valence-electron chi connectivity index (χ4n) is 1.63. The number of rotatable bonds is 3. The Morgan fingerprint density at radius 1 is 1.33 bits per heavy atom. The lowest BCUT2D eigenvalue weighted by Crippen LogP contribution is -2.14. The number of amides is 1. The normalized spacial score (nSPS) is 10.1. The van der Waals surface area contributed by atoms with E-state index < -0.39 is 0 Å². The zero-order valence-corrected chi connectivity index (χ0v) is 10.5. The van der Waals surface area contributed by atoms with E-state index in [2.05, 4.69) is 28.3 Å². The topological polar surface area (TPSA) is 54.9 Å². The summed E-state index contributed by atoms with van der Waals surface area (Å²) in [6.07, 6.45) is 5.44. The van der Waals surface area contributed by atoms with Gasteiger partial charge in [0.15, 0.2) is 0 Å². The molecule has 0 unspecified atom stereocenters. The van der Waals surface area contributed by atoms with Crippen molar-refractivity contribution in [2.24, 2.45) is 0 Å². The van der Waals surface area contributed by atoms with Crippen LogP contribution in [-0.2, 0) is 6.42 Å². The Balaban J connectivity index is 2.21. The summed E-state index contributed by atoms with van der Waals surface area (Å²) in [4.78, 5) is 19.8. The van der Waals surface area contributed by atoms with Crippen molar-refractivity contribution in [3.63, 3.8) is 0 Å². The molecular weight excluding hydrogens is 226 g/mol. The molecular formula is C14H15N3O. The number of anilines is 1. The van der Waals surface area contributed by atoms with Gasteiger partial charge in [0.05, 0.1) is 6.20 Å². The lowest BCUT2D eigenvalue weighted by atomic mass is 10.1. The summed E-state index contributed by atoms with van der Waals surface area (Å²) in [5.41, 5.74) is 3.36. The van der Waals surface area contributed by atoms with Crippen molar-refractivity contribution in [3.05, 3.63) is 53.6 Å². The third kappa shape index (κ3) is 2.71. The minimum Gasteiger partial charge on any atom is -0.320 e. The maximum atomic E-state index is 12.0. The van der Waals surface area contributed by atoms with Crippen molar-refractivity contribution in [1.82, 2.24) is 9.97 Å². The zero-order valence-electron chi connectivity index (χ0n) is 10.5. The number of nitrogens with zero attached hydrogens (tertiary/aromatic N) is 2. The molecule has 1 aromatic carbocycles. The van der Waals surface area contributed by atoms with Crippen molar-refractivity contribution < 1.29 is 4.79 Å². The number of carbonyl (C=O) groups is 1. The fraction of sp³-hybridized carbons (Fsp3) is 0.214. The first kappa shape index (κ1) is 12.2. The van der Waals surface area contributed by atoms with Gasteiger partial charge in [0.25, 0.3) is 5.91 Å². The third-order valence-corrected chi connectivity index (χ3v) is 2.75. The van der Waals surface area contributed by atoms with Crippen molar-refractivity contribution in [1.29, 1.82) is 0 Å². The molecule has 0 saturated carbocycles. The summed E-state index contributed by atoms with van der Waals surface area (Å²) in [7, 11) is 0. The van der Waals surface area contributed by atoms with Gasteiger partial charge in [-0.05, 0) is 30.5 Å². The molecule has 2 rings (SSSR count). The summed E-state index contributed by atoms with van der Waals surface area (Å²) in [6, 6.07) is 6.06. The minimum atomic E-state index is -0.237. The van der Waals surface area contributed by atoms with E-state index in [-0.39, 0.29) is 5.91 Å². The van der Waals surface area contributed by atoms with Crippen molar-refractivity contribution in [2.75, 3.05) is 5.32 Å². The zero-order chi connectivity index (χ0) is 13.0. The Hall–Kier alpha value is -2.23. The predicted molar refractivity (Wildman–Crippen MR) is 70.5 cm³/mol. The van der Waals surface area contributed by atoms with Gasteiger partial charge in [0.2, 0.25) is 0 Å². The van der Waals surface area contributed by atoms with Gasteiger partial charge in [-0.3, -0.25) is 9.78 Å². The number of hydrogen-bond acceptors (Lipinski definition) is 3. The van der Waals surface area contributed by atoms with E-state index in [1.165, 1.54) is 18.0 Å². The van der Waals surface area contributed by atoms with E-state index in [1.807, 2.05) is 19.1 Å². The van der Waals surface area contributed by atoms with Crippen LogP contribution in [0.2, 0.25) is 0 Å². The third-order valence-electron chi connectivity index (χ3n) is 2.75. The fourth-order valence-corrected chi connectivity index (χ4v) is 1.63. The molecule has 0 aliphatic rings. The monoisotopic (exact) mass is 241 g/mol. The Bertz CT molecular complexity index is 552. The molecule has 0 aliphatic carbocycles. The van der Waals surface area contributed by atoms with E-state index >= 15 is 0 Å². The highest BCUT2D eigenvalue weighted by atomic mass is 16.1. The molecule has 4 heteroatoms. The van der Waals surface area contributed by atoms with Crippen LogP contribution in [0.25, 0.3) is 0 Å². The maximum absolute atomic E-state index is 12.0. The van der Waals surface area contributed by atoms with Gasteiger partial charge in [-0.25, -0.2) is 4.98 Å². The van der Waals surface area contributed by atoms with Crippen LogP contribution >= 0.6 is 0 Å². The highest BCUT2D eigenvalue weighted by Crippen LogP contribution is 2.17. The first-order valence-corrected chi connectivity index (χ1v) is 5.87. The smallest absolute Gasteiger partial charge is 0.275 e. The minimum absolute atomic E-state index is 0.237. The molecule has 2 aromatic rings. The number of hydrogen-bond donors (Lipinski definition) is 1. The molecule has 4 nitrogen and oxygen atoms in total. The van der Waals surface area contributed by atoms with Gasteiger partial charge in [0, 0.05) is 18.1 Å². The lowest BCUT2D eigenvalue weighted by Gasteiger charge is -2.09. The van der Waals surface area contributed by atoms with Crippen molar-refractivity contribution in [3.8, 4) is 0 Å². The van der Waals surface area contributed by atoms with E-state index in [9.17, 15) is 4.79 Å².